The Kier molecular flexibility index (Phi) is 12.9. The molecule has 0 aliphatic heterocycles. The predicted molar refractivity (Wildman–Crippen MR) is 132 cm³/mol. The summed E-state index contributed by atoms with van der Waals surface area (Å²) in [7, 11) is 0. The van der Waals surface area contributed by atoms with Gasteiger partial charge in [0.2, 0.25) is 0 Å². The van der Waals surface area contributed by atoms with Crippen LogP contribution in [0.15, 0.2) is 36.4 Å². The zero-order valence-electron chi connectivity index (χ0n) is 18.5. The summed E-state index contributed by atoms with van der Waals surface area (Å²) in [6.07, 6.45) is 10.3. The average molecular weight is 502 g/mol. The van der Waals surface area contributed by atoms with Crippen molar-refractivity contribution < 1.29 is 19.0 Å². The van der Waals surface area contributed by atoms with Gasteiger partial charge in [-0.1, -0.05) is 86.7 Å². The van der Waals surface area contributed by atoms with Crippen LogP contribution in [0.5, 0.6) is 11.5 Å². The summed E-state index contributed by atoms with van der Waals surface area (Å²) in [5.74, 6) is 0.260. The maximum absolute atomic E-state index is 12.3. The van der Waals surface area contributed by atoms with E-state index in [9.17, 15) is 4.79 Å². The van der Waals surface area contributed by atoms with Gasteiger partial charge in [0.05, 0.1) is 27.2 Å². The highest BCUT2D eigenvalue weighted by Gasteiger charge is 2.13. The van der Waals surface area contributed by atoms with E-state index in [-0.39, 0.29) is 15.8 Å². The zero-order valence-corrected chi connectivity index (χ0v) is 20.8. The number of benzene rings is 2. The van der Waals surface area contributed by atoms with Crippen LogP contribution in [-0.2, 0) is 4.74 Å². The van der Waals surface area contributed by atoms with Gasteiger partial charge in [0, 0.05) is 12.7 Å². The highest BCUT2D eigenvalue weighted by molar-refractivity contribution is 6.43. The standard InChI is InChI=1S/C25H31Cl3O4/c1-2-3-4-5-6-7-8-9-14-30-15-16-31-20-12-10-19(11-13-20)25(29)32-24-18-22(27)21(26)17-23(24)28/h10-13,17-18H,2-9,14-16H2,1H3. The van der Waals surface area contributed by atoms with Crippen molar-refractivity contribution in [1.29, 1.82) is 0 Å². The van der Waals surface area contributed by atoms with Crippen molar-refractivity contribution in [2.45, 2.75) is 58.3 Å². The van der Waals surface area contributed by atoms with Crippen molar-refractivity contribution in [2.75, 3.05) is 19.8 Å². The molecule has 0 amide bonds. The number of halogens is 3. The first-order valence-corrected chi connectivity index (χ1v) is 12.3. The fourth-order valence-corrected chi connectivity index (χ4v) is 3.66. The lowest BCUT2D eigenvalue weighted by atomic mass is 10.1. The van der Waals surface area contributed by atoms with E-state index in [1.807, 2.05) is 0 Å². The summed E-state index contributed by atoms with van der Waals surface area (Å²) in [6, 6.07) is 9.53. The number of esters is 1. The highest BCUT2D eigenvalue weighted by Crippen LogP contribution is 2.34. The molecule has 0 heterocycles. The van der Waals surface area contributed by atoms with Crippen molar-refractivity contribution in [2.24, 2.45) is 0 Å². The SMILES string of the molecule is CCCCCCCCCCOCCOc1ccc(C(=O)Oc2cc(Cl)c(Cl)cc2Cl)cc1. The van der Waals surface area contributed by atoms with E-state index in [1.54, 1.807) is 24.3 Å². The molecule has 2 aromatic carbocycles. The third kappa shape index (κ3) is 9.99. The van der Waals surface area contributed by atoms with Gasteiger partial charge < -0.3 is 14.2 Å². The van der Waals surface area contributed by atoms with Crippen LogP contribution in [0, 0.1) is 0 Å². The van der Waals surface area contributed by atoms with Gasteiger partial charge in [-0.25, -0.2) is 4.79 Å². The number of rotatable bonds is 15. The van der Waals surface area contributed by atoms with Gasteiger partial charge in [-0.05, 0) is 36.8 Å². The molecular weight excluding hydrogens is 471 g/mol. The summed E-state index contributed by atoms with van der Waals surface area (Å²) < 4.78 is 16.6. The second-order valence-electron chi connectivity index (χ2n) is 7.55. The second kappa shape index (κ2) is 15.4. The van der Waals surface area contributed by atoms with E-state index >= 15 is 0 Å². The van der Waals surface area contributed by atoms with Crippen molar-refractivity contribution in [3.8, 4) is 11.5 Å². The number of carbonyl (C=O) groups is 1. The third-order valence-electron chi connectivity index (χ3n) is 4.91. The Balaban J connectivity index is 1.61. The van der Waals surface area contributed by atoms with E-state index in [0.29, 0.717) is 29.5 Å². The van der Waals surface area contributed by atoms with Crippen LogP contribution in [0.2, 0.25) is 15.1 Å². The molecule has 4 nitrogen and oxygen atoms in total. The molecular formula is C25H31Cl3O4. The fourth-order valence-electron chi connectivity index (χ4n) is 3.09. The third-order valence-corrected chi connectivity index (χ3v) is 5.92. The lowest BCUT2D eigenvalue weighted by molar-refractivity contribution is 0.0734. The molecule has 0 fully saturated rings. The maximum Gasteiger partial charge on any atom is 0.343 e. The Bertz CT molecular complexity index is 825. The lowest BCUT2D eigenvalue weighted by Crippen LogP contribution is -2.10. The quantitative estimate of drug-likeness (QED) is 0.106. The Morgan fingerprint density at radius 2 is 1.38 bits per heavy atom. The van der Waals surface area contributed by atoms with Crippen LogP contribution in [0.3, 0.4) is 0 Å². The largest absolute Gasteiger partial charge is 0.491 e. The molecule has 0 aliphatic carbocycles. The normalized spacial score (nSPS) is 10.9. The van der Waals surface area contributed by atoms with Crippen molar-refractivity contribution in [3.63, 3.8) is 0 Å². The van der Waals surface area contributed by atoms with Crippen LogP contribution in [0.1, 0.15) is 68.6 Å². The molecule has 0 N–H and O–H groups in total. The van der Waals surface area contributed by atoms with Gasteiger partial charge in [-0.3, -0.25) is 0 Å². The van der Waals surface area contributed by atoms with Crippen LogP contribution in [0.25, 0.3) is 0 Å². The molecule has 0 aliphatic rings. The molecule has 0 spiro atoms. The van der Waals surface area contributed by atoms with Gasteiger partial charge in [0.15, 0.2) is 5.75 Å². The molecule has 0 radical (unpaired) electrons. The zero-order chi connectivity index (χ0) is 23.2. The summed E-state index contributed by atoms with van der Waals surface area (Å²) in [5.41, 5.74) is 0.366. The van der Waals surface area contributed by atoms with Crippen LogP contribution in [0.4, 0.5) is 0 Å². The number of unbranched alkanes of at least 4 members (excludes halogenated alkanes) is 7. The fraction of sp³-hybridized carbons (Fsp3) is 0.480. The highest BCUT2D eigenvalue weighted by atomic mass is 35.5. The summed E-state index contributed by atoms with van der Waals surface area (Å²) in [4.78, 5) is 12.3. The Morgan fingerprint density at radius 3 is 2.06 bits per heavy atom. The van der Waals surface area contributed by atoms with Gasteiger partial charge in [-0.2, -0.15) is 0 Å². The summed E-state index contributed by atoms with van der Waals surface area (Å²) >= 11 is 17.9. The van der Waals surface area contributed by atoms with Gasteiger partial charge in [0.1, 0.15) is 12.4 Å². The number of hydrogen-bond donors (Lipinski definition) is 0. The molecule has 0 bridgehead atoms. The van der Waals surface area contributed by atoms with E-state index in [2.05, 4.69) is 6.92 Å². The monoisotopic (exact) mass is 500 g/mol. The number of ether oxygens (including phenoxy) is 3. The first-order valence-electron chi connectivity index (χ1n) is 11.2. The van der Waals surface area contributed by atoms with Gasteiger partial charge in [0.25, 0.3) is 0 Å². The number of hydrogen-bond acceptors (Lipinski definition) is 4. The summed E-state index contributed by atoms with van der Waals surface area (Å²) in [6.45, 7) is 4.00. The molecule has 2 aromatic rings. The molecule has 0 saturated heterocycles. The Labute approximate surface area is 206 Å². The molecule has 0 saturated carbocycles. The Morgan fingerprint density at radius 1 is 0.750 bits per heavy atom. The van der Waals surface area contributed by atoms with Crippen molar-refractivity contribution in [1.82, 2.24) is 0 Å². The molecule has 7 heteroatoms. The van der Waals surface area contributed by atoms with Gasteiger partial charge >= 0.3 is 5.97 Å². The molecule has 32 heavy (non-hydrogen) atoms. The van der Waals surface area contributed by atoms with Crippen molar-refractivity contribution in [3.05, 3.63) is 57.0 Å². The maximum atomic E-state index is 12.3. The van der Waals surface area contributed by atoms with Crippen LogP contribution < -0.4 is 9.47 Å². The summed E-state index contributed by atoms with van der Waals surface area (Å²) in [5, 5.41) is 0.756. The van der Waals surface area contributed by atoms with Crippen molar-refractivity contribution >= 4 is 40.8 Å². The molecule has 176 valence electrons. The first-order chi connectivity index (χ1) is 15.5. The minimum Gasteiger partial charge on any atom is -0.491 e. The molecule has 0 aromatic heterocycles. The second-order valence-corrected chi connectivity index (χ2v) is 8.77. The van der Waals surface area contributed by atoms with Crippen LogP contribution >= 0.6 is 34.8 Å². The minimum atomic E-state index is -0.550. The number of carbonyl (C=O) groups excluding carboxylic acids is 1. The predicted octanol–water partition coefficient (Wildman–Crippen LogP) is 8.40. The topological polar surface area (TPSA) is 44.8 Å². The molecule has 0 atom stereocenters. The Hall–Kier alpha value is -1.46. The molecule has 2 rings (SSSR count). The van der Waals surface area contributed by atoms with Gasteiger partial charge in [-0.15, -0.1) is 0 Å². The van der Waals surface area contributed by atoms with Crippen LogP contribution in [-0.4, -0.2) is 25.8 Å². The van der Waals surface area contributed by atoms with E-state index < -0.39 is 5.97 Å². The van der Waals surface area contributed by atoms with E-state index in [1.165, 1.54) is 57.1 Å². The lowest BCUT2D eigenvalue weighted by Gasteiger charge is -2.09. The van der Waals surface area contributed by atoms with E-state index in [4.69, 9.17) is 49.0 Å². The van der Waals surface area contributed by atoms with E-state index in [0.717, 1.165) is 13.0 Å². The first kappa shape index (κ1) is 26.8. The smallest absolute Gasteiger partial charge is 0.343 e. The minimum absolute atomic E-state index is 0.153. The average Bonchev–Trinajstić information content (AvgIpc) is 2.78. The molecule has 0 unspecified atom stereocenters.